The van der Waals surface area contributed by atoms with Gasteiger partial charge in [0.25, 0.3) is 5.95 Å². The Balaban J connectivity index is 2.15. The summed E-state index contributed by atoms with van der Waals surface area (Å²) >= 11 is 0. The van der Waals surface area contributed by atoms with Crippen LogP contribution in [0.25, 0.3) is 16.8 Å². The van der Waals surface area contributed by atoms with Crippen LogP contribution in [-0.2, 0) is 0 Å². The van der Waals surface area contributed by atoms with Crippen LogP contribution in [-0.4, -0.2) is 38.4 Å². The Kier molecular flexibility index (Phi) is 5.66. The third-order valence-electron chi connectivity index (χ3n) is 3.49. The molecule has 2 heterocycles. The van der Waals surface area contributed by atoms with Gasteiger partial charge in [0, 0.05) is 11.6 Å². The van der Waals surface area contributed by atoms with Crippen molar-refractivity contribution in [1.29, 1.82) is 0 Å². The van der Waals surface area contributed by atoms with Crippen molar-refractivity contribution in [3.63, 3.8) is 0 Å². The molecular weight excluding hydrogens is 417 g/mol. The molecule has 14 heteroatoms. The molecule has 0 aliphatic carbocycles. The van der Waals surface area contributed by atoms with E-state index in [-0.39, 0.29) is 28.6 Å². The fraction of sp³-hybridized carbons (Fsp3) is 0.125. The van der Waals surface area contributed by atoms with Gasteiger partial charge in [-0.25, -0.2) is 4.98 Å². The summed E-state index contributed by atoms with van der Waals surface area (Å²) in [5.41, 5.74) is 10.8. The molecule has 0 bridgehead atoms. The van der Waals surface area contributed by atoms with Gasteiger partial charge in [-0.15, -0.1) is 23.4 Å². The van der Waals surface area contributed by atoms with E-state index in [0.29, 0.717) is 6.07 Å². The van der Waals surface area contributed by atoms with Gasteiger partial charge < -0.3 is 20.9 Å². The summed E-state index contributed by atoms with van der Waals surface area (Å²) in [6.07, 6.45) is -0.0937. The highest BCUT2D eigenvalue weighted by atomic mass is 19.4. The zero-order valence-corrected chi connectivity index (χ0v) is 14.7. The average Bonchev–Trinajstić information content (AvgIpc) is 3.11. The quantitative estimate of drug-likeness (QED) is 0.351. The van der Waals surface area contributed by atoms with Crippen molar-refractivity contribution >= 4 is 17.3 Å². The minimum absolute atomic E-state index is 0.0101. The van der Waals surface area contributed by atoms with E-state index in [9.17, 15) is 22.0 Å². The Morgan fingerprint density at radius 1 is 1.23 bits per heavy atom. The molecule has 0 atom stereocenters. The number of aliphatic imine (C=N–C) groups is 1. The lowest BCUT2D eigenvalue weighted by molar-refractivity contribution is -0.274. The van der Waals surface area contributed by atoms with Gasteiger partial charge in [0.15, 0.2) is 0 Å². The molecule has 9 nitrogen and oxygen atoms in total. The van der Waals surface area contributed by atoms with Crippen molar-refractivity contribution in [3.05, 3.63) is 43.0 Å². The number of hydrogen-bond donors (Lipinski definition) is 2. The number of rotatable bonds is 6. The number of benzene rings is 1. The number of halogens is 5. The summed E-state index contributed by atoms with van der Waals surface area (Å²) in [5, 5.41) is 7.71. The zero-order valence-electron chi connectivity index (χ0n) is 14.7. The summed E-state index contributed by atoms with van der Waals surface area (Å²) in [4.78, 5) is 7.88. The zero-order chi connectivity index (χ0) is 21.9. The number of aromatic nitrogens is 4. The fourth-order valence-electron chi connectivity index (χ4n) is 2.43. The molecule has 0 aliphatic heterocycles. The summed E-state index contributed by atoms with van der Waals surface area (Å²) < 4.78 is 72.8. The Bertz CT molecular complexity index is 1110. The molecule has 0 spiro atoms. The number of fused-ring (bicyclic) bond motifs is 1. The molecule has 3 aromatic rings. The maximum atomic E-state index is 12.9. The van der Waals surface area contributed by atoms with Crippen molar-refractivity contribution in [2.75, 3.05) is 0 Å². The van der Waals surface area contributed by atoms with E-state index in [1.165, 1.54) is 23.0 Å². The predicted molar refractivity (Wildman–Crippen MR) is 94.1 cm³/mol. The van der Waals surface area contributed by atoms with Crippen LogP contribution in [0, 0.1) is 0 Å². The number of ether oxygens (including phenoxy) is 2. The van der Waals surface area contributed by atoms with E-state index in [4.69, 9.17) is 11.5 Å². The maximum absolute atomic E-state index is 12.9. The predicted octanol–water partition coefficient (Wildman–Crippen LogP) is 2.75. The van der Waals surface area contributed by atoms with Gasteiger partial charge >= 0.3 is 13.0 Å². The van der Waals surface area contributed by atoms with Crippen LogP contribution in [0.1, 0.15) is 0 Å². The Hall–Kier alpha value is -3.97. The summed E-state index contributed by atoms with van der Waals surface area (Å²) in [6.45, 7) is -3.24. The van der Waals surface area contributed by atoms with Crippen LogP contribution in [0.3, 0.4) is 0 Å². The van der Waals surface area contributed by atoms with E-state index >= 15 is 0 Å². The van der Waals surface area contributed by atoms with Crippen LogP contribution < -0.4 is 20.9 Å². The highest BCUT2D eigenvalue weighted by molar-refractivity contribution is 5.93. The molecule has 3 rings (SSSR count). The van der Waals surface area contributed by atoms with Gasteiger partial charge in [-0.2, -0.15) is 13.8 Å². The number of nitrogens with two attached hydrogens (primary N) is 2. The molecule has 4 N–H and O–H groups in total. The van der Waals surface area contributed by atoms with E-state index in [1.807, 2.05) is 0 Å². The average molecular weight is 429 g/mol. The van der Waals surface area contributed by atoms with Gasteiger partial charge in [-0.1, -0.05) is 0 Å². The summed E-state index contributed by atoms with van der Waals surface area (Å²) in [7, 11) is 0. The van der Waals surface area contributed by atoms with Gasteiger partial charge in [0.05, 0.1) is 11.7 Å². The van der Waals surface area contributed by atoms with Gasteiger partial charge in [-0.3, -0.25) is 4.40 Å². The number of nitrogens with zero attached hydrogens (tertiary/aromatic N) is 5. The molecule has 0 fully saturated rings. The van der Waals surface area contributed by atoms with E-state index in [0.717, 1.165) is 18.3 Å². The first-order valence-corrected chi connectivity index (χ1v) is 7.94. The minimum atomic E-state index is -5.10. The lowest BCUT2D eigenvalue weighted by atomic mass is 10.1. The first-order valence-electron chi connectivity index (χ1n) is 7.94. The molecule has 30 heavy (non-hydrogen) atoms. The number of alkyl halides is 5. The van der Waals surface area contributed by atoms with Crippen LogP contribution >= 0.6 is 0 Å². The Morgan fingerprint density at radius 3 is 2.67 bits per heavy atom. The topological polar surface area (TPSA) is 126 Å². The Morgan fingerprint density at radius 2 is 2.00 bits per heavy atom. The number of hydrogen-bond acceptors (Lipinski definition) is 7. The standard InChI is InChI=1S/C16H12F5N7O2/c17-14(18)29-8-1-2-9(11(5-8)30-16(19,20)21)13-10-6-24-7-28(10)15(27-26-13)25-12(23)3-4-22/h1-7,14H,22H2,(H2,23,25,27)/b4-3-. The third-order valence-corrected chi connectivity index (χ3v) is 3.49. The van der Waals surface area contributed by atoms with Crippen molar-refractivity contribution in [2.45, 2.75) is 13.0 Å². The van der Waals surface area contributed by atoms with E-state index in [1.54, 1.807) is 0 Å². The number of amidine groups is 1. The van der Waals surface area contributed by atoms with Gasteiger partial charge in [0.1, 0.15) is 29.4 Å². The van der Waals surface area contributed by atoms with Crippen molar-refractivity contribution in [1.82, 2.24) is 19.6 Å². The second kappa shape index (κ2) is 8.18. The van der Waals surface area contributed by atoms with E-state index < -0.39 is 24.5 Å². The van der Waals surface area contributed by atoms with Crippen LogP contribution in [0.15, 0.2) is 48.0 Å². The molecule has 158 valence electrons. The third kappa shape index (κ3) is 4.71. The smallest absolute Gasteiger partial charge is 0.435 e. The molecule has 2 aromatic heterocycles. The molecule has 0 unspecified atom stereocenters. The summed E-state index contributed by atoms with van der Waals surface area (Å²) in [6, 6.07) is 2.78. The van der Waals surface area contributed by atoms with Crippen molar-refractivity contribution < 1.29 is 31.4 Å². The SMILES string of the molecule is N/C=C\C(N)=N\c1nnc(-c2ccc(OC(F)F)cc2OC(F)(F)F)c2cncn12. The normalized spacial score (nSPS) is 12.8. The maximum Gasteiger partial charge on any atom is 0.573 e. The number of imidazole rings is 1. The molecule has 0 saturated heterocycles. The first-order chi connectivity index (χ1) is 14.2. The molecule has 0 saturated carbocycles. The molecule has 0 aliphatic rings. The first kappa shape index (κ1) is 20.8. The second-order valence-corrected chi connectivity index (χ2v) is 5.48. The second-order valence-electron chi connectivity index (χ2n) is 5.48. The van der Waals surface area contributed by atoms with Crippen LogP contribution in [0.2, 0.25) is 0 Å². The van der Waals surface area contributed by atoms with Crippen molar-refractivity contribution in [2.24, 2.45) is 16.5 Å². The van der Waals surface area contributed by atoms with Crippen LogP contribution in [0.5, 0.6) is 11.5 Å². The molecule has 0 radical (unpaired) electrons. The highest BCUT2D eigenvalue weighted by Crippen LogP contribution is 2.38. The lowest BCUT2D eigenvalue weighted by Gasteiger charge is -2.15. The minimum Gasteiger partial charge on any atom is -0.435 e. The molecular formula is C16H12F5N7O2. The highest BCUT2D eigenvalue weighted by Gasteiger charge is 2.33. The van der Waals surface area contributed by atoms with Gasteiger partial charge in [-0.05, 0) is 24.4 Å². The summed E-state index contributed by atoms with van der Waals surface area (Å²) in [5.74, 6) is -1.39. The van der Waals surface area contributed by atoms with Gasteiger partial charge in [0.2, 0.25) is 0 Å². The molecule has 1 aromatic carbocycles. The Labute approximate surface area is 164 Å². The monoisotopic (exact) mass is 429 g/mol. The largest absolute Gasteiger partial charge is 0.573 e. The fourth-order valence-corrected chi connectivity index (χ4v) is 2.43. The van der Waals surface area contributed by atoms with E-state index in [2.05, 4.69) is 29.6 Å². The lowest BCUT2D eigenvalue weighted by Crippen LogP contribution is -2.18. The van der Waals surface area contributed by atoms with Crippen LogP contribution in [0.4, 0.5) is 27.9 Å². The molecule has 0 amide bonds. The van der Waals surface area contributed by atoms with Crippen molar-refractivity contribution in [3.8, 4) is 22.8 Å².